The van der Waals surface area contributed by atoms with Crippen LogP contribution in [0.3, 0.4) is 0 Å². The van der Waals surface area contributed by atoms with Gasteiger partial charge < -0.3 is 27.4 Å². The Bertz CT molecular complexity index is 872. The van der Waals surface area contributed by atoms with Crippen LogP contribution >= 0.6 is 59.0 Å². The van der Waals surface area contributed by atoms with Crippen LogP contribution in [0.1, 0.15) is 11.4 Å². The van der Waals surface area contributed by atoms with E-state index in [1.54, 1.807) is 23.5 Å². The number of thiol groups is 1. The second kappa shape index (κ2) is 13.5. The van der Waals surface area contributed by atoms with Gasteiger partial charge in [0, 0.05) is 46.9 Å². The van der Waals surface area contributed by atoms with E-state index < -0.39 is 0 Å². The molecule has 9 N–H and O–H groups in total. The smallest absolute Gasteiger partial charge is 0.327 e. The zero-order valence-corrected chi connectivity index (χ0v) is 20.5. The van der Waals surface area contributed by atoms with E-state index in [2.05, 4.69) is 38.7 Å². The van der Waals surface area contributed by atoms with E-state index in [1.165, 1.54) is 27.0 Å². The van der Waals surface area contributed by atoms with E-state index in [9.17, 15) is 4.79 Å². The first-order valence-electron chi connectivity index (χ1n) is 8.84. The number of nitrogens with one attached hydrogen (secondary N) is 5. The van der Waals surface area contributed by atoms with Gasteiger partial charge in [-0.15, -0.1) is 22.7 Å². The molecular weight excluding hydrogens is 497 g/mol. The van der Waals surface area contributed by atoms with Crippen molar-refractivity contribution in [3.05, 3.63) is 22.1 Å². The van der Waals surface area contributed by atoms with Crippen molar-refractivity contribution in [2.24, 2.45) is 11.5 Å². The van der Waals surface area contributed by atoms with E-state index in [1.807, 2.05) is 10.8 Å². The first-order chi connectivity index (χ1) is 14.8. The lowest BCUT2D eigenvalue weighted by atomic mass is 10.6. The molecule has 0 saturated carbocycles. The molecule has 16 heteroatoms. The number of thiazole rings is 2. The monoisotopic (exact) mass is 520 g/mol. The van der Waals surface area contributed by atoms with Crippen molar-refractivity contribution in [1.29, 1.82) is 10.8 Å². The molecule has 0 aliphatic carbocycles. The number of guanidine groups is 2. The van der Waals surface area contributed by atoms with Crippen molar-refractivity contribution in [3.63, 3.8) is 0 Å². The Morgan fingerprint density at radius 1 is 1.03 bits per heavy atom. The number of nitrogens with two attached hydrogens (primary N) is 2. The third-order valence-electron chi connectivity index (χ3n) is 3.29. The zero-order valence-electron chi connectivity index (χ0n) is 16.4. The van der Waals surface area contributed by atoms with Crippen LogP contribution in [0.4, 0.5) is 15.1 Å². The molecule has 0 aromatic carbocycles. The SMILES string of the molecule is N=C(N)Nc1nc(CSCCNC(=O)N(S)CCSCc2csc(NC(=N)N)n2)cs1. The number of urea groups is 1. The highest BCUT2D eigenvalue weighted by atomic mass is 32.2. The second-order valence-electron chi connectivity index (χ2n) is 5.83. The van der Waals surface area contributed by atoms with Crippen molar-refractivity contribution in [2.75, 3.05) is 35.2 Å². The number of hydrogen-bond donors (Lipinski definition) is 8. The fraction of sp³-hybridized carbons (Fsp3) is 0.400. The Morgan fingerprint density at radius 3 is 2.06 bits per heavy atom. The molecule has 0 atom stereocenters. The molecule has 2 aromatic rings. The summed E-state index contributed by atoms with van der Waals surface area (Å²) in [6.07, 6.45) is 0. The van der Waals surface area contributed by atoms with Gasteiger partial charge in [0.1, 0.15) is 0 Å². The third-order valence-corrected chi connectivity index (χ3v) is 7.25. The highest BCUT2D eigenvalue weighted by Gasteiger charge is 2.09. The molecule has 0 spiro atoms. The second-order valence-corrected chi connectivity index (χ2v) is 10.2. The minimum Gasteiger partial charge on any atom is -0.370 e. The van der Waals surface area contributed by atoms with Gasteiger partial charge in [-0.1, -0.05) is 12.8 Å². The van der Waals surface area contributed by atoms with Crippen LogP contribution in [0.5, 0.6) is 0 Å². The van der Waals surface area contributed by atoms with Crippen molar-refractivity contribution in [3.8, 4) is 0 Å². The molecule has 0 bridgehead atoms. The Kier molecular flexibility index (Phi) is 11.1. The molecule has 0 radical (unpaired) electrons. The molecule has 170 valence electrons. The number of carbonyl (C=O) groups excluding carboxylic acids is 1. The van der Waals surface area contributed by atoms with Gasteiger partial charge in [0.2, 0.25) is 0 Å². The lowest BCUT2D eigenvalue weighted by molar-refractivity contribution is 0.228. The molecule has 0 saturated heterocycles. The molecule has 0 fully saturated rings. The summed E-state index contributed by atoms with van der Waals surface area (Å²) in [5.74, 6) is 2.62. The quantitative estimate of drug-likeness (QED) is 0.0900. The predicted octanol–water partition coefficient (Wildman–Crippen LogP) is 2.23. The first-order valence-corrected chi connectivity index (χ1v) is 13.3. The number of aromatic nitrogens is 2. The van der Waals surface area contributed by atoms with Gasteiger partial charge >= 0.3 is 6.03 Å². The van der Waals surface area contributed by atoms with Crippen LogP contribution in [0.2, 0.25) is 0 Å². The molecule has 2 amide bonds. The molecule has 0 aliphatic heterocycles. The molecule has 0 unspecified atom stereocenters. The fourth-order valence-corrected chi connectivity index (χ4v) is 5.54. The van der Waals surface area contributed by atoms with Crippen molar-refractivity contribution < 1.29 is 4.79 Å². The maximum Gasteiger partial charge on any atom is 0.327 e. The molecule has 0 aliphatic rings. The van der Waals surface area contributed by atoms with E-state index in [0.717, 1.165) is 22.9 Å². The summed E-state index contributed by atoms with van der Waals surface area (Å²) in [6.45, 7) is 1.03. The van der Waals surface area contributed by atoms with Crippen LogP contribution < -0.4 is 27.4 Å². The zero-order chi connectivity index (χ0) is 22.6. The Labute approximate surface area is 202 Å². The average Bonchev–Trinajstić information content (AvgIpc) is 3.33. The Hall–Kier alpha value is -1.88. The average molecular weight is 521 g/mol. The van der Waals surface area contributed by atoms with Gasteiger partial charge in [-0.3, -0.25) is 15.1 Å². The number of carbonyl (C=O) groups is 1. The molecule has 31 heavy (non-hydrogen) atoms. The molecule has 2 heterocycles. The summed E-state index contributed by atoms with van der Waals surface area (Å²) in [5, 5.41) is 27.5. The number of anilines is 2. The fourth-order valence-electron chi connectivity index (χ4n) is 2.02. The van der Waals surface area contributed by atoms with Gasteiger partial charge in [-0.2, -0.15) is 23.5 Å². The van der Waals surface area contributed by atoms with Gasteiger partial charge in [0.15, 0.2) is 22.2 Å². The van der Waals surface area contributed by atoms with Gasteiger partial charge in [-0.25, -0.2) is 14.8 Å². The lowest BCUT2D eigenvalue weighted by Gasteiger charge is -2.16. The minimum atomic E-state index is -0.229. The molecule has 2 rings (SSSR count). The number of thioether (sulfide) groups is 2. The standard InChI is InChI=1S/C15H24N10OS5/c16-11(17)23-13-21-9(7-30-13)5-28-3-1-20-15(26)25(27)2-4-29-6-10-8-31-14(22-10)24-12(18)19/h7-8,27H,1-6H2,(H,20,26)(H4,16,17,21,23)(H4,18,19,22,24). The van der Waals surface area contributed by atoms with Crippen LogP contribution in [-0.4, -0.2) is 56.8 Å². The van der Waals surface area contributed by atoms with Crippen LogP contribution in [0, 0.1) is 10.8 Å². The number of rotatable bonds is 12. The van der Waals surface area contributed by atoms with Crippen molar-refractivity contribution in [1.82, 2.24) is 19.6 Å². The summed E-state index contributed by atoms with van der Waals surface area (Å²) in [7, 11) is 0. The van der Waals surface area contributed by atoms with E-state index in [0.29, 0.717) is 34.9 Å². The summed E-state index contributed by atoms with van der Waals surface area (Å²) >= 11 is 10.3. The topological polar surface area (TPSA) is 182 Å². The normalized spacial score (nSPS) is 10.5. The maximum absolute atomic E-state index is 12.1. The Balaban J connectivity index is 1.52. The van der Waals surface area contributed by atoms with Crippen LogP contribution in [-0.2, 0) is 11.5 Å². The van der Waals surface area contributed by atoms with E-state index in [4.69, 9.17) is 22.3 Å². The van der Waals surface area contributed by atoms with Gasteiger partial charge in [0.05, 0.1) is 11.4 Å². The van der Waals surface area contributed by atoms with Crippen LogP contribution in [0.25, 0.3) is 0 Å². The molecule has 11 nitrogen and oxygen atoms in total. The molecular formula is C15H24N10OS5. The van der Waals surface area contributed by atoms with E-state index in [-0.39, 0.29) is 18.0 Å². The maximum atomic E-state index is 12.1. The van der Waals surface area contributed by atoms with Crippen molar-refractivity contribution >= 4 is 87.2 Å². The van der Waals surface area contributed by atoms with Gasteiger partial charge in [-0.05, 0) is 0 Å². The summed E-state index contributed by atoms with van der Waals surface area (Å²) in [4.78, 5) is 20.7. The Morgan fingerprint density at radius 2 is 1.55 bits per heavy atom. The van der Waals surface area contributed by atoms with Gasteiger partial charge in [0.25, 0.3) is 0 Å². The number of nitrogens with zero attached hydrogens (tertiary/aromatic N) is 3. The highest BCUT2D eigenvalue weighted by molar-refractivity contribution is 7.98. The number of amides is 2. The molecule has 2 aromatic heterocycles. The third kappa shape index (κ3) is 10.3. The summed E-state index contributed by atoms with van der Waals surface area (Å²) in [5.41, 5.74) is 12.4. The largest absolute Gasteiger partial charge is 0.370 e. The first kappa shape index (κ1) is 25.4. The summed E-state index contributed by atoms with van der Waals surface area (Å²) < 4.78 is 1.36. The number of hydrogen-bond acceptors (Lipinski definition) is 10. The lowest BCUT2D eigenvalue weighted by Crippen LogP contribution is -2.36. The predicted molar refractivity (Wildman–Crippen MR) is 137 cm³/mol. The summed E-state index contributed by atoms with van der Waals surface area (Å²) in [6, 6.07) is -0.229. The van der Waals surface area contributed by atoms with E-state index >= 15 is 0 Å². The van der Waals surface area contributed by atoms with Crippen LogP contribution in [0.15, 0.2) is 10.8 Å². The van der Waals surface area contributed by atoms with Crippen molar-refractivity contribution in [2.45, 2.75) is 11.5 Å². The highest BCUT2D eigenvalue weighted by Crippen LogP contribution is 2.20. The minimum absolute atomic E-state index is 0.134.